The summed E-state index contributed by atoms with van der Waals surface area (Å²) in [4.78, 5) is 3.04. The molecule has 0 atom stereocenters. The van der Waals surface area contributed by atoms with Crippen LogP contribution in [0.4, 0.5) is 0 Å². The van der Waals surface area contributed by atoms with Gasteiger partial charge in [-0.05, 0) is 42.8 Å². The molecule has 0 amide bonds. The van der Waals surface area contributed by atoms with Crippen molar-refractivity contribution in [3.8, 4) is 5.75 Å². The van der Waals surface area contributed by atoms with Crippen molar-refractivity contribution in [2.45, 2.75) is 20.0 Å². The molecular formula is C14H15NOS2. The van der Waals surface area contributed by atoms with Gasteiger partial charge in [0.2, 0.25) is 0 Å². The third-order valence-electron chi connectivity index (χ3n) is 2.59. The number of thiocarbonyl (C=S) groups is 1. The Morgan fingerprint density at radius 1 is 1.17 bits per heavy atom. The minimum Gasteiger partial charge on any atom is -0.488 e. The van der Waals surface area contributed by atoms with E-state index in [0.29, 0.717) is 11.6 Å². The lowest BCUT2D eigenvalue weighted by Crippen LogP contribution is -2.08. The zero-order chi connectivity index (χ0) is 13.0. The second-order valence-corrected chi connectivity index (χ2v) is 5.59. The number of hydrogen-bond donors (Lipinski definition) is 1. The maximum atomic E-state index is 5.71. The molecule has 18 heavy (non-hydrogen) atoms. The first-order valence-corrected chi connectivity index (χ1v) is 7.01. The molecule has 2 nitrogen and oxygen atoms in total. The average molecular weight is 277 g/mol. The lowest BCUT2D eigenvalue weighted by Gasteiger charge is -2.05. The van der Waals surface area contributed by atoms with Crippen LogP contribution in [-0.2, 0) is 13.0 Å². The highest BCUT2D eigenvalue weighted by Gasteiger charge is 2.01. The number of nitrogens with two attached hydrogens (primary N) is 1. The molecule has 0 unspecified atom stereocenters. The molecule has 0 spiro atoms. The van der Waals surface area contributed by atoms with Gasteiger partial charge in [-0.15, -0.1) is 11.3 Å². The highest BCUT2D eigenvalue weighted by molar-refractivity contribution is 7.80. The molecule has 0 bridgehead atoms. The van der Waals surface area contributed by atoms with E-state index in [2.05, 4.69) is 19.1 Å². The summed E-state index contributed by atoms with van der Waals surface area (Å²) in [5.74, 6) is 0.835. The zero-order valence-electron chi connectivity index (χ0n) is 10.2. The van der Waals surface area contributed by atoms with Crippen LogP contribution < -0.4 is 10.5 Å². The topological polar surface area (TPSA) is 35.2 Å². The van der Waals surface area contributed by atoms with Crippen LogP contribution in [0.5, 0.6) is 5.75 Å². The summed E-state index contributed by atoms with van der Waals surface area (Å²) in [6.07, 6.45) is 1.08. The Labute approximate surface area is 116 Å². The fraction of sp³-hybridized carbons (Fsp3) is 0.214. The molecule has 2 aromatic rings. The smallest absolute Gasteiger partial charge is 0.122 e. The summed E-state index contributed by atoms with van der Waals surface area (Å²) in [6.45, 7) is 2.77. The van der Waals surface area contributed by atoms with Gasteiger partial charge in [0.05, 0.1) is 0 Å². The van der Waals surface area contributed by atoms with E-state index in [1.165, 1.54) is 9.75 Å². The standard InChI is InChI=1S/C14H15NOS2/c1-2-12-7-8-13(18-12)9-16-11-5-3-10(4-6-11)14(15)17/h3-8H,2,9H2,1H3,(H2,15,17). The van der Waals surface area contributed by atoms with Crippen molar-refractivity contribution in [3.05, 3.63) is 51.7 Å². The van der Waals surface area contributed by atoms with Gasteiger partial charge in [0, 0.05) is 15.3 Å². The molecule has 0 aliphatic carbocycles. The lowest BCUT2D eigenvalue weighted by atomic mass is 10.2. The van der Waals surface area contributed by atoms with Gasteiger partial charge in [-0.3, -0.25) is 0 Å². The summed E-state index contributed by atoms with van der Waals surface area (Å²) in [5, 5.41) is 0. The van der Waals surface area contributed by atoms with Crippen LogP contribution in [-0.4, -0.2) is 4.99 Å². The van der Waals surface area contributed by atoms with E-state index in [0.717, 1.165) is 17.7 Å². The summed E-state index contributed by atoms with van der Waals surface area (Å²) >= 11 is 6.70. The zero-order valence-corrected chi connectivity index (χ0v) is 11.8. The van der Waals surface area contributed by atoms with E-state index in [9.17, 15) is 0 Å². The van der Waals surface area contributed by atoms with Crippen LogP contribution in [0, 0.1) is 0 Å². The number of thiophene rings is 1. The highest BCUT2D eigenvalue weighted by atomic mass is 32.1. The van der Waals surface area contributed by atoms with E-state index in [1.54, 1.807) is 11.3 Å². The van der Waals surface area contributed by atoms with Crippen molar-refractivity contribution < 1.29 is 4.74 Å². The van der Waals surface area contributed by atoms with Crippen LogP contribution in [0.1, 0.15) is 22.2 Å². The molecule has 0 saturated carbocycles. The summed E-state index contributed by atoms with van der Waals surface area (Å²) in [5.41, 5.74) is 6.40. The molecule has 0 aliphatic heterocycles. The molecule has 2 N–H and O–H groups in total. The van der Waals surface area contributed by atoms with Crippen molar-refractivity contribution in [3.63, 3.8) is 0 Å². The van der Waals surface area contributed by atoms with Crippen LogP contribution in [0.15, 0.2) is 36.4 Å². The Balaban J connectivity index is 1.95. The summed E-state index contributed by atoms with van der Waals surface area (Å²) in [7, 11) is 0. The first kappa shape index (κ1) is 13.1. The lowest BCUT2D eigenvalue weighted by molar-refractivity contribution is 0.310. The molecule has 2 rings (SSSR count). The van der Waals surface area contributed by atoms with E-state index >= 15 is 0 Å². The quantitative estimate of drug-likeness (QED) is 0.849. The van der Waals surface area contributed by atoms with Gasteiger partial charge in [-0.1, -0.05) is 19.1 Å². The molecule has 1 aromatic heterocycles. The molecule has 4 heteroatoms. The molecule has 0 saturated heterocycles. The van der Waals surface area contributed by atoms with Crippen LogP contribution in [0.25, 0.3) is 0 Å². The van der Waals surface area contributed by atoms with Gasteiger partial charge in [0.25, 0.3) is 0 Å². The van der Waals surface area contributed by atoms with Gasteiger partial charge >= 0.3 is 0 Å². The second kappa shape index (κ2) is 5.98. The predicted molar refractivity (Wildman–Crippen MR) is 80.4 cm³/mol. The Morgan fingerprint density at radius 3 is 2.39 bits per heavy atom. The van der Waals surface area contributed by atoms with Gasteiger partial charge in [-0.25, -0.2) is 0 Å². The number of benzene rings is 1. The molecule has 1 aromatic carbocycles. The van der Waals surface area contributed by atoms with Crippen molar-refractivity contribution in [2.75, 3.05) is 0 Å². The number of aryl methyl sites for hydroxylation is 1. The Kier molecular flexibility index (Phi) is 4.33. The van der Waals surface area contributed by atoms with E-state index in [1.807, 2.05) is 24.3 Å². The van der Waals surface area contributed by atoms with Gasteiger partial charge < -0.3 is 10.5 Å². The average Bonchev–Trinajstić information content (AvgIpc) is 2.85. The largest absolute Gasteiger partial charge is 0.488 e. The van der Waals surface area contributed by atoms with Crippen LogP contribution >= 0.6 is 23.6 Å². The highest BCUT2D eigenvalue weighted by Crippen LogP contribution is 2.20. The summed E-state index contributed by atoms with van der Waals surface area (Å²) in [6, 6.07) is 11.8. The van der Waals surface area contributed by atoms with E-state index in [4.69, 9.17) is 22.7 Å². The Hall–Kier alpha value is -1.39. The van der Waals surface area contributed by atoms with Gasteiger partial charge in [-0.2, -0.15) is 0 Å². The monoisotopic (exact) mass is 277 g/mol. The first-order chi connectivity index (χ1) is 8.69. The third-order valence-corrected chi connectivity index (χ3v) is 4.02. The minimum atomic E-state index is 0.410. The number of hydrogen-bond acceptors (Lipinski definition) is 3. The fourth-order valence-electron chi connectivity index (χ4n) is 1.56. The molecular weight excluding hydrogens is 262 g/mol. The number of rotatable bonds is 5. The Morgan fingerprint density at radius 2 is 1.83 bits per heavy atom. The second-order valence-electron chi connectivity index (χ2n) is 3.90. The molecule has 0 radical (unpaired) electrons. The predicted octanol–water partition coefficient (Wildman–Crippen LogP) is 3.52. The van der Waals surface area contributed by atoms with Crippen LogP contribution in [0.2, 0.25) is 0 Å². The van der Waals surface area contributed by atoms with Crippen molar-refractivity contribution in [2.24, 2.45) is 5.73 Å². The minimum absolute atomic E-state index is 0.410. The molecule has 94 valence electrons. The van der Waals surface area contributed by atoms with Gasteiger partial charge in [0.15, 0.2) is 0 Å². The summed E-state index contributed by atoms with van der Waals surface area (Å²) < 4.78 is 5.71. The van der Waals surface area contributed by atoms with Crippen molar-refractivity contribution in [1.29, 1.82) is 0 Å². The fourth-order valence-corrected chi connectivity index (χ4v) is 2.57. The van der Waals surface area contributed by atoms with Crippen LogP contribution in [0.3, 0.4) is 0 Å². The van der Waals surface area contributed by atoms with Crippen molar-refractivity contribution in [1.82, 2.24) is 0 Å². The maximum Gasteiger partial charge on any atom is 0.122 e. The van der Waals surface area contributed by atoms with Crippen molar-refractivity contribution >= 4 is 28.5 Å². The first-order valence-electron chi connectivity index (χ1n) is 5.79. The number of ether oxygens (including phenoxy) is 1. The molecule has 0 aliphatic rings. The SMILES string of the molecule is CCc1ccc(COc2ccc(C(N)=S)cc2)s1. The third kappa shape index (κ3) is 3.31. The maximum absolute atomic E-state index is 5.71. The normalized spacial score (nSPS) is 10.3. The van der Waals surface area contributed by atoms with Gasteiger partial charge in [0.1, 0.15) is 17.3 Å². The Bertz CT molecular complexity index is 531. The molecule has 0 fully saturated rings. The van der Waals surface area contributed by atoms with E-state index in [-0.39, 0.29) is 0 Å². The van der Waals surface area contributed by atoms with E-state index < -0.39 is 0 Å². The molecule has 1 heterocycles.